The van der Waals surface area contributed by atoms with Crippen molar-refractivity contribution in [1.29, 1.82) is 0 Å². The van der Waals surface area contributed by atoms with Crippen LogP contribution in [0, 0.1) is 0 Å². The molecule has 0 fully saturated rings. The van der Waals surface area contributed by atoms with Gasteiger partial charge in [0.15, 0.2) is 0 Å². The van der Waals surface area contributed by atoms with Crippen molar-refractivity contribution >= 4 is 18.0 Å². The van der Waals surface area contributed by atoms with Crippen molar-refractivity contribution in [1.82, 2.24) is 15.2 Å². The summed E-state index contributed by atoms with van der Waals surface area (Å²) in [5.74, 6) is -1.58. The van der Waals surface area contributed by atoms with E-state index in [9.17, 15) is 19.5 Å². The van der Waals surface area contributed by atoms with Gasteiger partial charge in [0.2, 0.25) is 0 Å². The molecule has 0 aliphatic rings. The first-order chi connectivity index (χ1) is 15.6. The van der Waals surface area contributed by atoms with E-state index < -0.39 is 29.6 Å². The van der Waals surface area contributed by atoms with E-state index in [1.807, 2.05) is 12.1 Å². The zero-order valence-electron chi connectivity index (χ0n) is 19.3. The molecule has 0 spiro atoms. The van der Waals surface area contributed by atoms with Crippen molar-refractivity contribution in [3.8, 4) is 0 Å². The Kier molecular flexibility index (Phi) is 9.35. The minimum atomic E-state index is -1.10. The number of rotatable bonds is 10. The minimum Gasteiger partial charge on any atom is -0.480 e. The summed E-state index contributed by atoms with van der Waals surface area (Å²) in [6, 6.07) is 11.1. The number of nitrogens with one attached hydrogen (secondary N) is 1. The maximum Gasteiger partial charge on any atom is 0.410 e. The minimum absolute atomic E-state index is 0.252. The zero-order valence-corrected chi connectivity index (χ0v) is 19.3. The monoisotopic (exact) mass is 456 g/mol. The number of nitrogens with two attached hydrogens (primary N) is 1. The second-order valence-electron chi connectivity index (χ2n) is 8.65. The average Bonchev–Trinajstić information content (AvgIpc) is 2.76. The predicted octanol–water partition coefficient (Wildman–Crippen LogP) is 2.94. The Balaban J connectivity index is 2.11. The second-order valence-corrected chi connectivity index (χ2v) is 8.65. The Labute approximate surface area is 193 Å². The number of hydrogen-bond acceptors (Lipinski definition) is 6. The van der Waals surface area contributed by atoms with Crippen LogP contribution < -0.4 is 11.1 Å². The summed E-state index contributed by atoms with van der Waals surface area (Å²) in [5.41, 5.74) is 6.61. The number of aliphatic carboxylic acids is 1. The number of ether oxygens (including phenoxy) is 1. The van der Waals surface area contributed by atoms with Crippen molar-refractivity contribution in [2.75, 3.05) is 6.54 Å². The van der Waals surface area contributed by atoms with Crippen LogP contribution in [0.4, 0.5) is 4.79 Å². The molecule has 1 atom stereocenters. The Morgan fingerprint density at radius 1 is 1.12 bits per heavy atom. The molecule has 4 N–H and O–H groups in total. The number of carbonyl (C=O) groups excluding carboxylic acids is 2. The lowest BCUT2D eigenvalue weighted by molar-refractivity contribution is -0.139. The van der Waals surface area contributed by atoms with Crippen LogP contribution >= 0.6 is 0 Å². The third-order valence-electron chi connectivity index (χ3n) is 4.62. The maximum atomic E-state index is 12.8. The van der Waals surface area contributed by atoms with Gasteiger partial charge >= 0.3 is 12.1 Å². The van der Waals surface area contributed by atoms with Crippen LogP contribution in [0.2, 0.25) is 0 Å². The number of hydrogen-bond donors (Lipinski definition) is 3. The van der Waals surface area contributed by atoms with Crippen molar-refractivity contribution in [2.24, 2.45) is 5.73 Å². The van der Waals surface area contributed by atoms with Gasteiger partial charge in [-0.3, -0.25) is 14.7 Å². The molecule has 0 aliphatic carbocycles. The Hall–Kier alpha value is -3.46. The molecule has 0 unspecified atom stereocenters. The number of nitrogens with zero attached hydrogens (tertiary/aromatic N) is 2. The van der Waals surface area contributed by atoms with Gasteiger partial charge in [0, 0.05) is 18.3 Å². The first-order valence-corrected chi connectivity index (χ1v) is 10.8. The van der Waals surface area contributed by atoms with Crippen molar-refractivity contribution in [3.63, 3.8) is 0 Å². The van der Waals surface area contributed by atoms with Crippen molar-refractivity contribution in [2.45, 2.75) is 58.3 Å². The van der Waals surface area contributed by atoms with Gasteiger partial charge in [0.1, 0.15) is 11.6 Å². The van der Waals surface area contributed by atoms with Gasteiger partial charge in [-0.05, 0) is 70.0 Å². The van der Waals surface area contributed by atoms with Gasteiger partial charge in [-0.2, -0.15) is 0 Å². The summed E-state index contributed by atoms with van der Waals surface area (Å²) in [7, 11) is 0. The number of amides is 2. The molecule has 0 bridgehead atoms. The summed E-state index contributed by atoms with van der Waals surface area (Å²) < 4.78 is 5.54. The number of carboxylic acids is 1. The summed E-state index contributed by atoms with van der Waals surface area (Å²) >= 11 is 0. The van der Waals surface area contributed by atoms with E-state index in [-0.39, 0.29) is 19.5 Å². The molecule has 178 valence electrons. The van der Waals surface area contributed by atoms with E-state index in [2.05, 4.69) is 10.3 Å². The molecule has 9 nitrogen and oxygen atoms in total. The van der Waals surface area contributed by atoms with Crippen LogP contribution in [0.1, 0.15) is 55.2 Å². The first-order valence-electron chi connectivity index (χ1n) is 10.8. The van der Waals surface area contributed by atoms with Crippen LogP contribution in [-0.4, -0.2) is 51.1 Å². The highest BCUT2D eigenvalue weighted by Gasteiger charge is 2.23. The lowest BCUT2D eigenvalue weighted by atomic mass is 10.1. The van der Waals surface area contributed by atoms with Gasteiger partial charge in [-0.15, -0.1) is 0 Å². The highest BCUT2D eigenvalue weighted by molar-refractivity contribution is 5.96. The van der Waals surface area contributed by atoms with Crippen LogP contribution in [0.5, 0.6) is 0 Å². The van der Waals surface area contributed by atoms with Crippen LogP contribution in [0.3, 0.4) is 0 Å². The lowest BCUT2D eigenvalue weighted by Gasteiger charge is -2.27. The Morgan fingerprint density at radius 2 is 1.82 bits per heavy atom. The van der Waals surface area contributed by atoms with E-state index in [0.29, 0.717) is 18.5 Å². The molecule has 0 saturated carbocycles. The maximum absolute atomic E-state index is 12.8. The fourth-order valence-corrected chi connectivity index (χ4v) is 3.00. The SMILES string of the molecule is CC(C)(C)OC(=O)N(Cc1ccc(C(=O)N[C@@H](CCCN)C(=O)O)cc1)Cc1ccccn1. The number of pyridine rings is 1. The first kappa shape index (κ1) is 25.8. The van der Waals surface area contributed by atoms with Gasteiger partial charge in [0.05, 0.1) is 12.2 Å². The normalized spacial score (nSPS) is 12.0. The molecular weight excluding hydrogens is 424 g/mol. The molecule has 9 heteroatoms. The fourth-order valence-electron chi connectivity index (χ4n) is 3.00. The van der Waals surface area contributed by atoms with Crippen molar-refractivity contribution in [3.05, 3.63) is 65.5 Å². The van der Waals surface area contributed by atoms with Crippen LogP contribution in [-0.2, 0) is 22.6 Å². The van der Waals surface area contributed by atoms with E-state index >= 15 is 0 Å². The van der Waals surface area contributed by atoms with Crippen LogP contribution in [0.25, 0.3) is 0 Å². The second kappa shape index (κ2) is 12.0. The summed E-state index contributed by atoms with van der Waals surface area (Å²) in [5, 5.41) is 11.8. The van der Waals surface area contributed by atoms with Gasteiger partial charge < -0.3 is 20.9 Å². The smallest absolute Gasteiger partial charge is 0.410 e. The summed E-state index contributed by atoms with van der Waals surface area (Å²) in [6.07, 6.45) is 1.94. The number of carbonyl (C=O) groups is 3. The predicted molar refractivity (Wildman–Crippen MR) is 123 cm³/mol. The standard InChI is InChI=1S/C24H32N4O5/c1-24(2,3)33-23(32)28(16-19-7-4-5-14-26-19)15-17-9-11-18(12-10-17)21(29)27-20(22(30)31)8-6-13-25/h4-5,7,9-12,14,20H,6,8,13,15-16,25H2,1-3H3,(H,27,29)(H,30,31)/t20-/m0/s1. The largest absolute Gasteiger partial charge is 0.480 e. The molecular formula is C24H32N4O5. The van der Waals surface area contributed by atoms with E-state index in [0.717, 1.165) is 11.3 Å². The van der Waals surface area contributed by atoms with Crippen LogP contribution in [0.15, 0.2) is 48.7 Å². The van der Waals surface area contributed by atoms with E-state index in [4.69, 9.17) is 10.5 Å². The number of aromatic nitrogens is 1. The fraction of sp³-hybridized carbons (Fsp3) is 0.417. The average molecular weight is 457 g/mol. The molecule has 2 aromatic rings. The molecule has 33 heavy (non-hydrogen) atoms. The molecule has 0 aliphatic heterocycles. The van der Waals surface area contributed by atoms with E-state index in [1.54, 1.807) is 57.3 Å². The molecule has 0 saturated heterocycles. The molecule has 0 radical (unpaired) electrons. The molecule has 1 heterocycles. The number of carboxylic acid groups (broad SMARTS) is 1. The quantitative estimate of drug-likeness (QED) is 0.500. The third-order valence-corrected chi connectivity index (χ3v) is 4.62. The Morgan fingerprint density at radius 3 is 2.36 bits per heavy atom. The van der Waals surface area contributed by atoms with Gasteiger partial charge in [-0.1, -0.05) is 18.2 Å². The molecule has 1 aromatic carbocycles. The lowest BCUT2D eigenvalue weighted by Crippen LogP contribution is -2.41. The number of benzene rings is 1. The topological polar surface area (TPSA) is 135 Å². The zero-order chi connectivity index (χ0) is 24.4. The summed E-state index contributed by atoms with van der Waals surface area (Å²) in [4.78, 5) is 42.4. The van der Waals surface area contributed by atoms with Gasteiger partial charge in [-0.25, -0.2) is 9.59 Å². The molecule has 1 aromatic heterocycles. The van der Waals surface area contributed by atoms with E-state index in [1.165, 1.54) is 4.90 Å². The Bertz CT molecular complexity index is 926. The third kappa shape index (κ3) is 8.89. The van der Waals surface area contributed by atoms with Crippen molar-refractivity contribution < 1.29 is 24.2 Å². The highest BCUT2D eigenvalue weighted by Crippen LogP contribution is 2.16. The molecule has 2 rings (SSSR count). The molecule has 2 amide bonds. The van der Waals surface area contributed by atoms with Gasteiger partial charge in [0.25, 0.3) is 5.91 Å². The highest BCUT2D eigenvalue weighted by atomic mass is 16.6. The summed E-state index contributed by atoms with van der Waals surface area (Å²) in [6.45, 7) is 6.27.